The smallest absolute Gasteiger partial charge is 0.343 e. The van der Waals surface area contributed by atoms with E-state index in [1.54, 1.807) is 31.2 Å². The van der Waals surface area contributed by atoms with Crippen molar-refractivity contribution in [2.75, 3.05) is 0 Å². The molecule has 0 unspecified atom stereocenters. The van der Waals surface area contributed by atoms with Crippen LogP contribution in [0.4, 0.5) is 5.69 Å². The van der Waals surface area contributed by atoms with Crippen LogP contribution in [0.3, 0.4) is 0 Å². The highest BCUT2D eigenvalue weighted by molar-refractivity contribution is 5.92. The molecule has 0 aromatic heterocycles. The number of carbonyl (C=O) groups is 1. The zero-order valence-corrected chi connectivity index (χ0v) is 14.2. The van der Waals surface area contributed by atoms with Crippen molar-refractivity contribution in [2.24, 2.45) is 0 Å². The van der Waals surface area contributed by atoms with Gasteiger partial charge in [0.25, 0.3) is 5.69 Å². The Kier molecular flexibility index (Phi) is 5.12. The van der Waals surface area contributed by atoms with Crippen LogP contribution in [-0.2, 0) is 0 Å². The first-order valence-corrected chi connectivity index (χ1v) is 8.62. The van der Waals surface area contributed by atoms with Gasteiger partial charge in [0, 0.05) is 11.6 Å². The third-order valence-electron chi connectivity index (χ3n) is 4.81. The third kappa shape index (κ3) is 4.05. The van der Waals surface area contributed by atoms with Gasteiger partial charge in [0.1, 0.15) is 5.75 Å². The zero-order chi connectivity index (χ0) is 17.8. The van der Waals surface area contributed by atoms with Crippen LogP contribution >= 0.6 is 0 Å². The highest BCUT2D eigenvalue weighted by Gasteiger charge is 2.18. The van der Waals surface area contributed by atoms with Crippen LogP contribution in [0.5, 0.6) is 5.75 Å². The van der Waals surface area contributed by atoms with Gasteiger partial charge in [-0.3, -0.25) is 10.1 Å². The molecule has 0 radical (unpaired) electrons. The Balaban J connectivity index is 1.70. The minimum atomic E-state index is -0.589. The summed E-state index contributed by atoms with van der Waals surface area (Å²) in [4.78, 5) is 22.7. The van der Waals surface area contributed by atoms with Gasteiger partial charge in [-0.25, -0.2) is 4.79 Å². The lowest BCUT2D eigenvalue weighted by Crippen LogP contribution is -2.09. The molecule has 1 saturated carbocycles. The Morgan fingerprint density at radius 3 is 2.40 bits per heavy atom. The fourth-order valence-electron chi connectivity index (χ4n) is 3.34. The molecule has 0 N–H and O–H groups in total. The van der Waals surface area contributed by atoms with Crippen molar-refractivity contribution in [3.8, 4) is 5.75 Å². The highest BCUT2D eigenvalue weighted by atomic mass is 16.6. The molecule has 0 atom stereocenters. The summed E-state index contributed by atoms with van der Waals surface area (Å²) >= 11 is 0. The minimum absolute atomic E-state index is 0.0814. The number of benzene rings is 2. The number of nitrogens with zero attached hydrogens (tertiary/aromatic N) is 1. The summed E-state index contributed by atoms with van der Waals surface area (Å²) in [6.45, 7) is 1.64. The van der Waals surface area contributed by atoms with Crippen molar-refractivity contribution in [1.82, 2.24) is 0 Å². The number of aryl methyl sites for hydroxylation is 1. The van der Waals surface area contributed by atoms with Gasteiger partial charge in [0.15, 0.2) is 0 Å². The molecule has 25 heavy (non-hydrogen) atoms. The van der Waals surface area contributed by atoms with Gasteiger partial charge < -0.3 is 4.74 Å². The van der Waals surface area contributed by atoms with Gasteiger partial charge in [-0.15, -0.1) is 0 Å². The standard InChI is InChI=1S/C20H21NO4/c1-14-7-8-17(13-19(14)21(23)24)20(22)25-18-11-9-16(10-12-18)15-5-3-2-4-6-15/h7-13,15H,2-6H2,1H3. The number of nitro benzene ring substituents is 1. The van der Waals surface area contributed by atoms with Crippen molar-refractivity contribution >= 4 is 11.7 Å². The van der Waals surface area contributed by atoms with Crippen LogP contribution < -0.4 is 4.74 Å². The van der Waals surface area contributed by atoms with Crippen LogP contribution in [0.2, 0.25) is 0 Å². The summed E-state index contributed by atoms with van der Waals surface area (Å²) in [5, 5.41) is 11.0. The Morgan fingerprint density at radius 2 is 1.76 bits per heavy atom. The number of carbonyl (C=O) groups excluding carboxylic acids is 1. The highest BCUT2D eigenvalue weighted by Crippen LogP contribution is 2.33. The molecule has 0 bridgehead atoms. The van der Waals surface area contributed by atoms with Gasteiger partial charge in [-0.2, -0.15) is 0 Å². The van der Waals surface area contributed by atoms with E-state index < -0.39 is 10.9 Å². The van der Waals surface area contributed by atoms with E-state index in [0.717, 1.165) is 0 Å². The second kappa shape index (κ2) is 7.47. The van der Waals surface area contributed by atoms with Gasteiger partial charge in [-0.1, -0.05) is 37.5 Å². The van der Waals surface area contributed by atoms with Crippen LogP contribution in [0, 0.1) is 17.0 Å². The maximum absolute atomic E-state index is 12.2. The molecule has 1 aliphatic rings. The molecule has 3 rings (SSSR count). The first-order valence-electron chi connectivity index (χ1n) is 8.62. The Bertz CT molecular complexity index is 777. The average Bonchev–Trinajstić information content (AvgIpc) is 2.63. The predicted molar refractivity (Wildman–Crippen MR) is 95.1 cm³/mol. The zero-order valence-electron chi connectivity index (χ0n) is 14.2. The van der Waals surface area contributed by atoms with Crippen molar-refractivity contribution in [3.63, 3.8) is 0 Å². The van der Waals surface area contributed by atoms with E-state index in [1.807, 2.05) is 12.1 Å². The van der Waals surface area contributed by atoms with Crippen molar-refractivity contribution in [1.29, 1.82) is 0 Å². The number of nitro groups is 1. The molecule has 0 heterocycles. The molecule has 5 heteroatoms. The van der Waals surface area contributed by atoms with E-state index in [0.29, 0.717) is 17.2 Å². The van der Waals surface area contributed by atoms with Crippen molar-refractivity contribution in [3.05, 3.63) is 69.3 Å². The van der Waals surface area contributed by atoms with Gasteiger partial charge in [0.2, 0.25) is 0 Å². The molecular weight excluding hydrogens is 318 g/mol. The van der Waals surface area contributed by atoms with Gasteiger partial charge >= 0.3 is 5.97 Å². The average molecular weight is 339 g/mol. The first-order chi connectivity index (χ1) is 12.0. The van der Waals surface area contributed by atoms with Gasteiger partial charge in [-0.05, 0) is 49.4 Å². The van der Waals surface area contributed by atoms with E-state index >= 15 is 0 Å². The normalized spacial score (nSPS) is 14.9. The fraction of sp³-hybridized carbons (Fsp3) is 0.350. The van der Waals surface area contributed by atoms with Gasteiger partial charge in [0.05, 0.1) is 10.5 Å². The summed E-state index contributed by atoms with van der Waals surface area (Å²) < 4.78 is 5.36. The summed E-state index contributed by atoms with van der Waals surface area (Å²) in [5.41, 5.74) is 1.89. The topological polar surface area (TPSA) is 69.4 Å². The monoisotopic (exact) mass is 339 g/mol. The van der Waals surface area contributed by atoms with Crippen molar-refractivity contribution < 1.29 is 14.5 Å². The van der Waals surface area contributed by atoms with E-state index in [1.165, 1.54) is 43.7 Å². The maximum Gasteiger partial charge on any atom is 0.343 e. The molecule has 5 nitrogen and oxygen atoms in total. The summed E-state index contributed by atoms with van der Waals surface area (Å²) in [7, 11) is 0. The van der Waals surface area contributed by atoms with Crippen LogP contribution in [-0.4, -0.2) is 10.9 Å². The van der Waals surface area contributed by atoms with Crippen LogP contribution in [0.25, 0.3) is 0 Å². The molecule has 130 valence electrons. The predicted octanol–water partition coefficient (Wildman–Crippen LogP) is 5.17. The molecule has 1 aliphatic carbocycles. The quantitative estimate of drug-likeness (QED) is 0.333. The molecular formula is C20H21NO4. The molecule has 2 aromatic carbocycles. The Morgan fingerprint density at radius 1 is 1.08 bits per heavy atom. The number of ether oxygens (including phenoxy) is 1. The van der Waals surface area contributed by atoms with Crippen LogP contribution in [0.15, 0.2) is 42.5 Å². The van der Waals surface area contributed by atoms with E-state index in [-0.39, 0.29) is 11.3 Å². The summed E-state index contributed by atoms with van der Waals surface area (Å²) in [6.07, 6.45) is 6.29. The van der Waals surface area contributed by atoms with Crippen molar-refractivity contribution in [2.45, 2.75) is 44.9 Å². The first kappa shape index (κ1) is 17.1. The molecule has 0 aliphatic heterocycles. The molecule has 0 amide bonds. The Labute approximate surface area is 146 Å². The Hall–Kier alpha value is -2.69. The fourth-order valence-corrected chi connectivity index (χ4v) is 3.34. The maximum atomic E-state index is 12.2. The lowest BCUT2D eigenvalue weighted by Gasteiger charge is -2.22. The molecule has 1 fully saturated rings. The number of hydrogen-bond donors (Lipinski definition) is 0. The SMILES string of the molecule is Cc1ccc(C(=O)Oc2ccc(C3CCCCC3)cc2)cc1[N+](=O)[O-]. The molecule has 0 spiro atoms. The molecule has 0 saturated heterocycles. The van der Waals surface area contributed by atoms with E-state index in [2.05, 4.69) is 0 Å². The summed E-state index contributed by atoms with van der Waals surface area (Å²) in [5.74, 6) is 0.458. The third-order valence-corrected chi connectivity index (χ3v) is 4.81. The number of hydrogen-bond acceptors (Lipinski definition) is 4. The van der Waals surface area contributed by atoms with E-state index in [4.69, 9.17) is 4.74 Å². The lowest BCUT2D eigenvalue weighted by atomic mass is 9.84. The largest absolute Gasteiger partial charge is 0.423 e. The van der Waals surface area contributed by atoms with E-state index in [9.17, 15) is 14.9 Å². The molecule has 2 aromatic rings. The second-order valence-electron chi connectivity index (χ2n) is 6.55. The minimum Gasteiger partial charge on any atom is -0.423 e. The number of esters is 1. The summed E-state index contributed by atoms with van der Waals surface area (Å²) in [6, 6.07) is 12.0. The lowest BCUT2D eigenvalue weighted by molar-refractivity contribution is -0.385. The second-order valence-corrected chi connectivity index (χ2v) is 6.55. The van der Waals surface area contributed by atoms with Crippen LogP contribution in [0.1, 0.15) is 59.5 Å². The number of rotatable bonds is 4.